The zero-order chi connectivity index (χ0) is 13.0. The Morgan fingerprint density at radius 2 is 1.94 bits per heavy atom. The molecule has 0 aliphatic carbocycles. The van der Waals surface area contributed by atoms with E-state index in [1.54, 1.807) is 4.90 Å². The summed E-state index contributed by atoms with van der Waals surface area (Å²) in [5.74, 6) is 0. The fourth-order valence-electron chi connectivity index (χ4n) is 1.78. The Hall–Kier alpha value is -1.48. The van der Waals surface area contributed by atoms with Crippen molar-refractivity contribution in [1.82, 2.24) is 4.90 Å². The van der Waals surface area contributed by atoms with E-state index in [1.165, 1.54) is 17.3 Å². The molecule has 1 aromatic rings. The first-order chi connectivity index (χ1) is 8.59. The molecule has 0 atom stereocenters. The molecule has 94 valence electrons. The summed E-state index contributed by atoms with van der Waals surface area (Å²) in [4.78, 5) is 13.9. The Morgan fingerprint density at radius 1 is 1.22 bits per heavy atom. The number of nitrogens with zero attached hydrogens (tertiary/aromatic N) is 1. The molecule has 0 saturated heterocycles. The molecule has 1 heterocycles. The van der Waals surface area contributed by atoms with Gasteiger partial charge in [-0.2, -0.15) is 0 Å². The summed E-state index contributed by atoms with van der Waals surface area (Å²) in [6, 6.07) is 10.1. The van der Waals surface area contributed by atoms with Crippen molar-refractivity contribution in [3.05, 3.63) is 60.3 Å². The molecule has 0 radical (unpaired) electrons. The summed E-state index contributed by atoms with van der Waals surface area (Å²) in [6.07, 6.45) is 7.65. The van der Waals surface area contributed by atoms with Gasteiger partial charge in [0.1, 0.15) is 0 Å². The number of carbonyl (C=O) groups excluding carboxylic acids is 1. The lowest BCUT2D eigenvalue weighted by Crippen LogP contribution is -2.27. The quantitative estimate of drug-likeness (QED) is 0.795. The van der Waals surface area contributed by atoms with Gasteiger partial charge in [-0.3, -0.25) is 4.79 Å². The third kappa shape index (κ3) is 3.05. The van der Waals surface area contributed by atoms with E-state index in [4.69, 9.17) is 0 Å². The highest BCUT2D eigenvalue weighted by atomic mass is 32.2. The molecule has 0 unspecified atom stereocenters. The predicted molar refractivity (Wildman–Crippen MR) is 77.4 cm³/mol. The normalized spacial score (nSPS) is 14.9. The van der Waals surface area contributed by atoms with E-state index in [9.17, 15) is 4.79 Å². The fourth-order valence-corrected chi connectivity index (χ4v) is 2.72. The summed E-state index contributed by atoms with van der Waals surface area (Å²) in [5, 5.41) is 0.0875. The first-order valence-corrected chi connectivity index (χ1v) is 6.80. The van der Waals surface area contributed by atoms with Crippen LogP contribution in [-0.2, 0) is 4.75 Å². The fraction of sp³-hybridized carbons (Fsp3) is 0.267. The van der Waals surface area contributed by atoms with Crippen LogP contribution in [0.2, 0.25) is 0 Å². The summed E-state index contributed by atoms with van der Waals surface area (Å²) in [5.41, 5.74) is 1.17. The zero-order valence-electron chi connectivity index (χ0n) is 10.7. The van der Waals surface area contributed by atoms with Gasteiger partial charge in [-0.05, 0) is 25.5 Å². The molecule has 18 heavy (non-hydrogen) atoms. The topological polar surface area (TPSA) is 20.3 Å². The number of rotatable bonds is 2. The summed E-state index contributed by atoms with van der Waals surface area (Å²) in [6.45, 7) is 4.82. The molecule has 0 bridgehead atoms. The Balaban J connectivity index is 2.06. The predicted octanol–water partition coefficient (Wildman–Crippen LogP) is 4.16. The Kier molecular flexibility index (Phi) is 3.92. The van der Waals surface area contributed by atoms with E-state index in [0.717, 1.165) is 0 Å². The van der Waals surface area contributed by atoms with Crippen molar-refractivity contribution >= 4 is 17.0 Å². The second-order valence-electron chi connectivity index (χ2n) is 4.67. The van der Waals surface area contributed by atoms with Gasteiger partial charge < -0.3 is 4.90 Å². The van der Waals surface area contributed by atoms with Gasteiger partial charge in [0, 0.05) is 17.5 Å². The minimum absolute atomic E-state index is 0.0875. The standard InChI is InChI=1S/C15H17NOS/c1-15(2,13-9-5-3-6-10-13)18-14(17)16-11-7-4-8-12-16/h3-11H,12H2,1-2H3. The van der Waals surface area contributed by atoms with Gasteiger partial charge >= 0.3 is 0 Å². The second kappa shape index (κ2) is 5.44. The second-order valence-corrected chi connectivity index (χ2v) is 6.24. The number of thioether (sulfide) groups is 1. The van der Waals surface area contributed by atoms with Crippen LogP contribution in [0.1, 0.15) is 19.4 Å². The van der Waals surface area contributed by atoms with Crippen LogP contribution < -0.4 is 0 Å². The monoisotopic (exact) mass is 259 g/mol. The van der Waals surface area contributed by atoms with Crippen molar-refractivity contribution in [2.24, 2.45) is 0 Å². The van der Waals surface area contributed by atoms with Crippen molar-refractivity contribution in [3.63, 3.8) is 0 Å². The van der Waals surface area contributed by atoms with E-state index < -0.39 is 0 Å². The maximum absolute atomic E-state index is 12.2. The van der Waals surface area contributed by atoms with Gasteiger partial charge in [-0.15, -0.1) is 0 Å². The van der Waals surface area contributed by atoms with Gasteiger partial charge in [0.15, 0.2) is 0 Å². The average molecular weight is 259 g/mol. The van der Waals surface area contributed by atoms with Crippen LogP contribution in [0.3, 0.4) is 0 Å². The lowest BCUT2D eigenvalue weighted by atomic mass is 10.0. The summed E-state index contributed by atoms with van der Waals surface area (Å²) >= 11 is 1.36. The minimum atomic E-state index is -0.215. The summed E-state index contributed by atoms with van der Waals surface area (Å²) in [7, 11) is 0. The third-order valence-electron chi connectivity index (χ3n) is 2.86. The number of carbonyl (C=O) groups is 1. The average Bonchev–Trinajstić information content (AvgIpc) is 2.40. The lowest BCUT2D eigenvalue weighted by Gasteiger charge is -2.27. The molecule has 3 heteroatoms. The number of amides is 1. The lowest BCUT2D eigenvalue weighted by molar-refractivity contribution is 0.241. The van der Waals surface area contributed by atoms with Crippen molar-refractivity contribution in [1.29, 1.82) is 0 Å². The van der Waals surface area contributed by atoms with E-state index in [1.807, 2.05) is 42.6 Å². The van der Waals surface area contributed by atoms with Gasteiger partial charge in [0.2, 0.25) is 0 Å². The first kappa shape index (κ1) is 13.0. The molecule has 2 nitrogen and oxygen atoms in total. The van der Waals surface area contributed by atoms with Crippen LogP contribution >= 0.6 is 11.8 Å². The van der Waals surface area contributed by atoms with Crippen LogP contribution in [0.25, 0.3) is 0 Å². The molecule has 0 fully saturated rings. The van der Waals surface area contributed by atoms with Gasteiger partial charge in [0.25, 0.3) is 5.24 Å². The van der Waals surface area contributed by atoms with E-state index in [-0.39, 0.29) is 9.99 Å². The number of allylic oxidation sites excluding steroid dienone is 2. The maximum atomic E-state index is 12.2. The number of benzene rings is 1. The Labute approximate surface area is 112 Å². The van der Waals surface area contributed by atoms with Crippen LogP contribution in [0.15, 0.2) is 54.8 Å². The largest absolute Gasteiger partial charge is 0.306 e. The molecule has 1 aliphatic rings. The molecular formula is C15H17NOS. The van der Waals surface area contributed by atoms with Crippen molar-refractivity contribution in [2.45, 2.75) is 18.6 Å². The molecule has 0 N–H and O–H groups in total. The van der Waals surface area contributed by atoms with Gasteiger partial charge in [-0.25, -0.2) is 0 Å². The molecule has 1 aliphatic heterocycles. The number of hydrogen-bond acceptors (Lipinski definition) is 2. The molecular weight excluding hydrogens is 242 g/mol. The van der Waals surface area contributed by atoms with Crippen molar-refractivity contribution in [3.8, 4) is 0 Å². The van der Waals surface area contributed by atoms with Gasteiger partial charge in [0.05, 0.1) is 0 Å². The van der Waals surface area contributed by atoms with Gasteiger partial charge in [-0.1, -0.05) is 54.2 Å². The van der Waals surface area contributed by atoms with Crippen LogP contribution in [-0.4, -0.2) is 16.7 Å². The van der Waals surface area contributed by atoms with Crippen LogP contribution in [0.5, 0.6) is 0 Å². The SMILES string of the molecule is CC(C)(SC(=O)N1C=CC=CC1)c1ccccc1. The number of hydrogen-bond donors (Lipinski definition) is 0. The highest BCUT2D eigenvalue weighted by Crippen LogP contribution is 2.37. The molecule has 0 aromatic heterocycles. The summed E-state index contributed by atoms with van der Waals surface area (Å²) < 4.78 is -0.215. The molecule has 0 spiro atoms. The zero-order valence-corrected chi connectivity index (χ0v) is 11.5. The molecule has 2 rings (SSSR count). The van der Waals surface area contributed by atoms with E-state index in [2.05, 4.69) is 26.0 Å². The molecule has 1 amide bonds. The Bertz CT molecular complexity index is 477. The van der Waals surface area contributed by atoms with E-state index >= 15 is 0 Å². The van der Waals surface area contributed by atoms with Crippen molar-refractivity contribution in [2.75, 3.05) is 6.54 Å². The molecule has 0 saturated carbocycles. The molecule has 1 aromatic carbocycles. The van der Waals surface area contributed by atoms with E-state index in [0.29, 0.717) is 6.54 Å². The highest BCUT2D eigenvalue weighted by molar-refractivity contribution is 8.14. The minimum Gasteiger partial charge on any atom is -0.306 e. The maximum Gasteiger partial charge on any atom is 0.286 e. The smallest absolute Gasteiger partial charge is 0.286 e. The third-order valence-corrected chi connectivity index (χ3v) is 4.02. The first-order valence-electron chi connectivity index (χ1n) is 5.98. The Morgan fingerprint density at radius 3 is 2.56 bits per heavy atom. The van der Waals surface area contributed by atoms with Crippen LogP contribution in [0, 0.1) is 0 Å². The van der Waals surface area contributed by atoms with Crippen LogP contribution in [0.4, 0.5) is 4.79 Å². The van der Waals surface area contributed by atoms with Crippen molar-refractivity contribution < 1.29 is 4.79 Å². The highest BCUT2D eigenvalue weighted by Gasteiger charge is 2.27.